The van der Waals surface area contributed by atoms with Crippen LogP contribution in [0.3, 0.4) is 0 Å². The van der Waals surface area contributed by atoms with E-state index >= 15 is 0 Å². The number of nitrogens with zero attached hydrogens (tertiary/aromatic N) is 1. The van der Waals surface area contributed by atoms with Gasteiger partial charge in [-0.1, -0.05) is 13.0 Å². The molecule has 1 aromatic rings. The Morgan fingerprint density at radius 3 is 2.72 bits per heavy atom. The van der Waals surface area contributed by atoms with Crippen LogP contribution in [-0.4, -0.2) is 53.4 Å². The number of benzene rings is 1. The standard InChI is InChI=1S/C17H24FN3O3S/c1-3-21(10-16(22)23)12-7-11(8-12)20-17(24)19-9-13-14(18)5-4-6-15(13)25-2/h4-6,11-12H,3,7-10H2,1-2H3,(H,22,23)(H2,19,20,24). The maximum atomic E-state index is 13.9. The van der Waals surface area contributed by atoms with E-state index in [0.29, 0.717) is 12.1 Å². The number of thioether (sulfide) groups is 1. The van der Waals surface area contributed by atoms with Crippen molar-refractivity contribution < 1.29 is 19.1 Å². The van der Waals surface area contributed by atoms with Gasteiger partial charge >= 0.3 is 12.0 Å². The van der Waals surface area contributed by atoms with Crippen molar-refractivity contribution in [1.29, 1.82) is 0 Å². The maximum absolute atomic E-state index is 13.9. The highest BCUT2D eigenvalue weighted by atomic mass is 32.2. The number of nitrogens with one attached hydrogen (secondary N) is 2. The summed E-state index contributed by atoms with van der Waals surface area (Å²) in [4.78, 5) is 25.5. The number of hydrogen-bond donors (Lipinski definition) is 3. The average molecular weight is 369 g/mol. The van der Waals surface area contributed by atoms with E-state index in [1.165, 1.54) is 17.8 Å². The summed E-state index contributed by atoms with van der Waals surface area (Å²) >= 11 is 1.44. The summed E-state index contributed by atoms with van der Waals surface area (Å²) in [5, 5.41) is 14.4. The Labute approximate surface area is 151 Å². The zero-order chi connectivity index (χ0) is 18.4. The molecule has 1 aliphatic rings. The molecule has 25 heavy (non-hydrogen) atoms. The normalized spacial score (nSPS) is 19.4. The number of halogens is 1. The molecule has 2 amide bonds. The fraction of sp³-hybridized carbons (Fsp3) is 0.529. The lowest BCUT2D eigenvalue weighted by atomic mass is 9.85. The Balaban J connectivity index is 1.77. The number of carbonyl (C=O) groups excluding carboxylic acids is 1. The maximum Gasteiger partial charge on any atom is 0.317 e. The number of carboxylic acids is 1. The summed E-state index contributed by atoms with van der Waals surface area (Å²) in [5.41, 5.74) is 0.482. The highest BCUT2D eigenvalue weighted by molar-refractivity contribution is 7.98. The molecule has 138 valence electrons. The zero-order valence-corrected chi connectivity index (χ0v) is 15.2. The van der Waals surface area contributed by atoms with Gasteiger partial charge < -0.3 is 15.7 Å². The van der Waals surface area contributed by atoms with Gasteiger partial charge in [0.2, 0.25) is 0 Å². The van der Waals surface area contributed by atoms with Crippen molar-refractivity contribution in [3.05, 3.63) is 29.6 Å². The molecular weight excluding hydrogens is 345 g/mol. The van der Waals surface area contributed by atoms with Gasteiger partial charge in [-0.15, -0.1) is 11.8 Å². The van der Waals surface area contributed by atoms with Gasteiger partial charge in [0.15, 0.2) is 0 Å². The number of carboxylic acid groups (broad SMARTS) is 1. The van der Waals surface area contributed by atoms with Crippen LogP contribution >= 0.6 is 11.8 Å². The molecule has 1 aliphatic carbocycles. The minimum Gasteiger partial charge on any atom is -0.480 e. The minimum absolute atomic E-state index is 0.0187. The molecule has 1 fully saturated rings. The van der Waals surface area contributed by atoms with Crippen LogP contribution in [0.25, 0.3) is 0 Å². The van der Waals surface area contributed by atoms with E-state index in [1.54, 1.807) is 6.07 Å². The van der Waals surface area contributed by atoms with Crippen molar-refractivity contribution in [2.75, 3.05) is 19.3 Å². The number of amides is 2. The van der Waals surface area contributed by atoms with Crippen LogP contribution < -0.4 is 10.6 Å². The SMILES string of the molecule is CCN(CC(=O)O)C1CC(NC(=O)NCc2c(F)cccc2SC)C1. The molecule has 0 spiro atoms. The van der Waals surface area contributed by atoms with Crippen molar-refractivity contribution in [3.8, 4) is 0 Å². The molecule has 0 aliphatic heterocycles. The predicted molar refractivity (Wildman–Crippen MR) is 95.2 cm³/mol. The Morgan fingerprint density at radius 2 is 2.12 bits per heavy atom. The van der Waals surface area contributed by atoms with Gasteiger partial charge in [-0.2, -0.15) is 0 Å². The second-order valence-electron chi connectivity index (χ2n) is 6.03. The molecule has 8 heteroatoms. The molecule has 0 heterocycles. The topological polar surface area (TPSA) is 81.7 Å². The van der Waals surface area contributed by atoms with Crippen molar-refractivity contribution in [2.24, 2.45) is 0 Å². The highest BCUT2D eigenvalue weighted by Crippen LogP contribution is 2.26. The van der Waals surface area contributed by atoms with Crippen molar-refractivity contribution >= 4 is 23.8 Å². The summed E-state index contributed by atoms with van der Waals surface area (Å²) in [7, 11) is 0. The van der Waals surface area contributed by atoms with Gasteiger partial charge in [0.1, 0.15) is 5.82 Å². The minimum atomic E-state index is -0.842. The van der Waals surface area contributed by atoms with E-state index in [0.717, 1.165) is 17.7 Å². The first-order valence-corrected chi connectivity index (χ1v) is 9.48. The molecule has 2 rings (SSSR count). The molecule has 0 unspecified atom stereocenters. The summed E-state index contributed by atoms with van der Waals surface area (Å²) in [5.74, 6) is -1.17. The third-order valence-electron chi connectivity index (χ3n) is 4.43. The monoisotopic (exact) mass is 369 g/mol. The number of urea groups is 1. The van der Waals surface area contributed by atoms with E-state index in [9.17, 15) is 14.0 Å². The smallest absolute Gasteiger partial charge is 0.317 e. The average Bonchev–Trinajstić information content (AvgIpc) is 2.54. The quantitative estimate of drug-likeness (QED) is 0.613. The first-order valence-electron chi connectivity index (χ1n) is 8.26. The summed E-state index contributed by atoms with van der Waals surface area (Å²) in [6.07, 6.45) is 3.32. The molecule has 0 atom stereocenters. The van der Waals surface area contributed by atoms with Crippen molar-refractivity contribution in [1.82, 2.24) is 15.5 Å². The number of likely N-dealkylation sites (N-methyl/N-ethyl adjacent to an activating group) is 1. The predicted octanol–water partition coefficient (Wildman–Crippen LogP) is 2.28. The third kappa shape index (κ3) is 5.34. The highest BCUT2D eigenvalue weighted by Gasteiger charge is 2.34. The first kappa shape index (κ1) is 19.5. The largest absolute Gasteiger partial charge is 0.480 e. The van der Waals surface area contributed by atoms with Gasteiger partial charge in [-0.25, -0.2) is 9.18 Å². The van der Waals surface area contributed by atoms with Crippen LogP contribution in [0.4, 0.5) is 9.18 Å². The zero-order valence-electron chi connectivity index (χ0n) is 14.4. The number of carbonyl (C=O) groups is 2. The summed E-state index contributed by atoms with van der Waals surface area (Å²) in [6, 6.07) is 4.72. The van der Waals surface area contributed by atoms with E-state index in [4.69, 9.17) is 5.11 Å². The number of rotatable bonds is 8. The molecule has 0 bridgehead atoms. The molecule has 0 radical (unpaired) electrons. The molecule has 0 aromatic heterocycles. The lowest BCUT2D eigenvalue weighted by molar-refractivity contribution is -0.139. The second kappa shape index (κ2) is 9.05. The van der Waals surface area contributed by atoms with Gasteiger partial charge in [-0.3, -0.25) is 9.69 Å². The summed E-state index contributed by atoms with van der Waals surface area (Å²) < 4.78 is 13.9. The summed E-state index contributed by atoms with van der Waals surface area (Å²) in [6.45, 7) is 2.74. The van der Waals surface area contributed by atoms with Crippen LogP contribution in [0.1, 0.15) is 25.3 Å². The van der Waals surface area contributed by atoms with Gasteiger partial charge in [0.05, 0.1) is 6.54 Å². The molecular formula is C17H24FN3O3S. The Hall–Kier alpha value is -1.80. The Morgan fingerprint density at radius 1 is 1.40 bits per heavy atom. The molecule has 1 aromatic carbocycles. The second-order valence-corrected chi connectivity index (χ2v) is 6.87. The van der Waals surface area contributed by atoms with Crippen LogP contribution in [0.2, 0.25) is 0 Å². The molecule has 0 saturated heterocycles. The lowest BCUT2D eigenvalue weighted by Crippen LogP contribution is -2.56. The first-order chi connectivity index (χ1) is 11.9. The Bertz CT molecular complexity index is 623. The van der Waals surface area contributed by atoms with E-state index in [2.05, 4.69) is 10.6 Å². The fourth-order valence-electron chi connectivity index (χ4n) is 2.98. The van der Waals surface area contributed by atoms with Crippen LogP contribution in [0.5, 0.6) is 0 Å². The molecule has 3 N–H and O–H groups in total. The fourth-order valence-corrected chi connectivity index (χ4v) is 3.61. The van der Waals surface area contributed by atoms with Gasteiger partial charge in [-0.05, 0) is 37.8 Å². The van der Waals surface area contributed by atoms with Crippen LogP contribution in [0, 0.1) is 5.82 Å². The van der Waals surface area contributed by atoms with Crippen molar-refractivity contribution in [3.63, 3.8) is 0 Å². The van der Waals surface area contributed by atoms with Gasteiger partial charge in [0, 0.05) is 29.1 Å². The van der Waals surface area contributed by atoms with E-state index < -0.39 is 5.97 Å². The third-order valence-corrected chi connectivity index (χ3v) is 5.25. The molecule has 1 saturated carbocycles. The van der Waals surface area contributed by atoms with E-state index in [1.807, 2.05) is 24.1 Å². The number of hydrogen-bond acceptors (Lipinski definition) is 4. The lowest BCUT2D eigenvalue weighted by Gasteiger charge is -2.42. The van der Waals surface area contributed by atoms with Crippen molar-refractivity contribution in [2.45, 2.75) is 43.3 Å². The molecule has 6 nitrogen and oxygen atoms in total. The van der Waals surface area contributed by atoms with Gasteiger partial charge in [0.25, 0.3) is 0 Å². The Kier molecular flexibility index (Phi) is 7.07. The number of aliphatic carboxylic acids is 1. The van der Waals surface area contributed by atoms with E-state index in [-0.39, 0.29) is 37.0 Å². The van der Waals surface area contributed by atoms with Crippen LogP contribution in [-0.2, 0) is 11.3 Å². The van der Waals surface area contributed by atoms with Crippen LogP contribution in [0.15, 0.2) is 23.1 Å².